The van der Waals surface area contributed by atoms with Crippen molar-refractivity contribution >= 4 is 17.6 Å². The van der Waals surface area contributed by atoms with E-state index in [2.05, 4.69) is 0 Å². The van der Waals surface area contributed by atoms with Crippen LogP contribution in [0.4, 0.5) is 0 Å². The summed E-state index contributed by atoms with van der Waals surface area (Å²) in [6.45, 7) is 0. The second kappa shape index (κ2) is 7.24. The molecule has 0 radical (unpaired) electrons. The Morgan fingerprint density at radius 1 is 1.13 bits per heavy atom. The van der Waals surface area contributed by atoms with Crippen molar-refractivity contribution in [2.75, 3.05) is 14.2 Å². The lowest BCUT2D eigenvalue weighted by atomic mass is 9.92. The van der Waals surface area contributed by atoms with Crippen molar-refractivity contribution in [2.24, 2.45) is 0 Å². The molecule has 0 aliphatic rings. The van der Waals surface area contributed by atoms with Gasteiger partial charge < -0.3 is 19.7 Å². The van der Waals surface area contributed by atoms with Crippen molar-refractivity contribution < 1.29 is 24.5 Å². The smallest absolute Gasteiger partial charge is 0.311 e. The molecule has 2 N–H and O–H groups in total. The zero-order chi connectivity index (χ0) is 17.0. The number of rotatable bonds is 6. The Hall–Kier alpha value is -2.40. The summed E-state index contributed by atoms with van der Waals surface area (Å²) in [7, 11) is 2.98. The van der Waals surface area contributed by atoms with Gasteiger partial charge in [-0.3, -0.25) is 4.79 Å². The molecule has 0 amide bonds. The Morgan fingerprint density at radius 3 is 2.30 bits per heavy atom. The van der Waals surface area contributed by atoms with Crippen molar-refractivity contribution in [3.05, 3.63) is 52.5 Å². The maximum Gasteiger partial charge on any atom is 0.311 e. The number of hydrogen-bond donors (Lipinski definition) is 2. The second-order valence-corrected chi connectivity index (χ2v) is 5.34. The largest absolute Gasteiger partial charge is 0.508 e. The minimum atomic E-state index is -0.971. The molecule has 0 saturated heterocycles. The topological polar surface area (TPSA) is 76.0 Å². The Balaban J connectivity index is 2.38. The van der Waals surface area contributed by atoms with Gasteiger partial charge in [-0.05, 0) is 35.7 Å². The van der Waals surface area contributed by atoms with Gasteiger partial charge in [0, 0.05) is 0 Å². The standard InChI is InChI=1S/C17H17ClO5/c1-22-14-8-5-11(15(18)16(14)23-2)9-13(17(20)21)10-3-6-12(19)7-4-10/h3-8,13,19H,9H2,1-2H3,(H,20,21). The Kier molecular flexibility index (Phi) is 5.34. The maximum atomic E-state index is 11.6. The van der Waals surface area contributed by atoms with Crippen molar-refractivity contribution in [2.45, 2.75) is 12.3 Å². The number of ether oxygens (including phenoxy) is 2. The number of phenols is 1. The van der Waals surface area contributed by atoms with Crippen LogP contribution in [0.15, 0.2) is 36.4 Å². The third kappa shape index (κ3) is 3.68. The molecular formula is C17H17ClO5. The molecule has 5 nitrogen and oxygen atoms in total. The summed E-state index contributed by atoms with van der Waals surface area (Å²) in [5, 5.41) is 19.2. The predicted molar refractivity (Wildman–Crippen MR) is 86.7 cm³/mol. The molecule has 0 saturated carbocycles. The number of hydrogen-bond acceptors (Lipinski definition) is 4. The van der Waals surface area contributed by atoms with E-state index in [1.807, 2.05) is 0 Å². The Labute approximate surface area is 139 Å². The van der Waals surface area contributed by atoms with Gasteiger partial charge in [0.05, 0.1) is 25.2 Å². The second-order valence-electron chi connectivity index (χ2n) is 4.96. The fraction of sp³-hybridized carbons (Fsp3) is 0.235. The Bertz CT molecular complexity index is 697. The summed E-state index contributed by atoms with van der Waals surface area (Å²) in [6.07, 6.45) is 0.194. The van der Waals surface area contributed by atoms with Crippen LogP contribution in [0.25, 0.3) is 0 Å². The molecule has 0 fully saturated rings. The first kappa shape index (κ1) is 17.0. The van der Waals surface area contributed by atoms with Crippen LogP contribution < -0.4 is 9.47 Å². The number of benzene rings is 2. The van der Waals surface area contributed by atoms with Crippen LogP contribution >= 0.6 is 11.6 Å². The highest BCUT2D eigenvalue weighted by atomic mass is 35.5. The molecule has 6 heteroatoms. The lowest BCUT2D eigenvalue weighted by molar-refractivity contribution is -0.138. The van der Waals surface area contributed by atoms with Gasteiger partial charge in [-0.1, -0.05) is 29.8 Å². The highest BCUT2D eigenvalue weighted by Crippen LogP contribution is 2.39. The summed E-state index contributed by atoms with van der Waals surface area (Å²) < 4.78 is 10.4. The normalized spacial score (nSPS) is 11.8. The number of aromatic hydroxyl groups is 1. The first-order valence-electron chi connectivity index (χ1n) is 6.89. The van der Waals surface area contributed by atoms with Crippen LogP contribution in [0.1, 0.15) is 17.0 Å². The molecule has 0 aliphatic heterocycles. The molecular weight excluding hydrogens is 320 g/mol. The van der Waals surface area contributed by atoms with E-state index in [-0.39, 0.29) is 12.2 Å². The summed E-state index contributed by atoms with van der Waals surface area (Å²) in [4.78, 5) is 11.6. The van der Waals surface area contributed by atoms with Crippen LogP contribution in [-0.2, 0) is 11.2 Å². The Morgan fingerprint density at radius 2 is 1.78 bits per heavy atom. The van der Waals surface area contributed by atoms with E-state index in [0.717, 1.165) is 0 Å². The lowest BCUT2D eigenvalue weighted by Gasteiger charge is -2.16. The minimum absolute atomic E-state index is 0.0852. The molecule has 0 spiro atoms. The van der Waals surface area contributed by atoms with E-state index in [4.69, 9.17) is 21.1 Å². The van der Waals surface area contributed by atoms with E-state index in [9.17, 15) is 15.0 Å². The van der Waals surface area contributed by atoms with Crippen LogP contribution in [-0.4, -0.2) is 30.4 Å². The predicted octanol–water partition coefficient (Wildman–Crippen LogP) is 3.47. The van der Waals surface area contributed by atoms with Gasteiger partial charge in [-0.25, -0.2) is 0 Å². The maximum absolute atomic E-state index is 11.6. The molecule has 122 valence electrons. The van der Waals surface area contributed by atoms with Gasteiger partial charge >= 0.3 is 5.97 Å². The van der Waals surface area contributed by atoms with Crippen LogP contribution in [0, 0.1) is 0 Å². The number of halogens is 1. The van der Waals surface area contributed by atoms with E-state index in [1.54, 1.807) is 24.3 Å². The fourth-order valence-corrected chi connectivity index (χ4v) is 2.67. The van der Waals surface area contributed by atoms with E-state index in [0.29, 0.717) is 27.6 Å². The number of carbonyl (C=O) groups is 1. The van der Waals surface area contributed by atoms with Crippen LogP contribution in [0.3, 0.4) is 0 Å². The van der Waals surface area contributed by atoms with Crippen LogP contribution in [0.2, 0.25) is 5.02 Å². The molecule has 0 heterocycles. The third-order valence-corrected chi connectivity index (χ3v) is 4.00. The first-order valence-corrected chi connectivity index (χ1v) is 7.26. The van der Waals surface area contributed by atoms with Crippen molar-refractivity contribution in [1.82, 2.24) is 0 Å². The van der Waals surface area contributed by atoms with Gasteiger partial charge in [0.2, 0.25) is 0 Å². The number of aliphatic carboxylic acids is 1. The molecule has 0 aliphatic carbocycles. The zero-order valence-corrected chi connectivity index (χ0v) is 13.5. The van der Waals surface area contributed by atoms with Gasteiger partial charge in [-0.2, -0.15) is 0 Å². The molecule has 0 bridgehead atoms. The summed E-state index contributed by atoms with van der Waals surface area (Å²) >= 11 is 6.32. The quantitative estimate of drug-likeness (QED) is 0.844. The average Bonchev–Trinajstić information content (AvgIpc) is 2.54. The summed E-state index contributed by atoms with van der Waals surface area (Å²) in [6, 6.07) is 9.50. The lowest BCUT2D eigenvalue weighted by Crippen LogP contribution is -2.14. The highest BCUT2D eigenvalue weighted by molar-refractivity contribution is 6.33. The SMILES string of the molecule is COc1ccc(CC(C(=O)O)c2ccc(O)cc2)c(Cl)c1OC. The summed E-state index contributed by atoms with van der Waals surface area (Å²) in [5.41, 5.74) is 1.23. The zero-order valence-electron chi connectivity index (χ0n) is 12.7. The third-order valence-electron chi connectivity index (χ3n) is 3.58. The van der Waals surface area contributed by atoms with Gasteiger partial charge in [0.25, 0.3) is 0 Å². The van der Waals surface area contributed by atoms with Crippen molar-refractivity contribution in [3.8, 4) is 17.2 Å². The average molecular weight is 337 g/mol. The molecule has 2 aromatic carbocycles. The molecule has 0 aromatic heterocycles. The van der Waals surface area contributed by atoms with E-state index in [1.165, 1.54) is 26.4 Å². The number of phenolic OH excluding ortho intramolecular Hbond substituents is 1. The van der Waals surface area contributed by atoms with Crippen molar-refractivity contribution in [3.63, 3.8) is 0 Å². The monoisotopic (exact) mass is 336 g/mol. The van der Waals surface area contributed by atoms with Crippen LogP contribution in [0.5, 0.6) is 17.2 Å². The summed E-state index contributed by atoms with van der Waals surface area (Å²) in [5.74, 6) is -0.811. The molecule has 1 atom stereocenters. The van der Waals surface area contributed by atoms with E-state index < -0.39 is 11.9 Å². The fourth-order valence-electron chi connectivity index (χ4n) is 2.36. The number of carboxylic acids is 1. The molecule has 2 aromatic rings. The van der Waals surface area contributed by atoms with Crippen molar-refractivity contribution in [1.29, 1.82) is 0 Å². The number of methoxy groups -OCH3 is 2. The van der Waals surface area contributed by atoms with Gasteiger partial charge in [-0.15, -0.1) is 0 Å². The highest BCUT2D eigenvalue weighted by Gasteiger charge is 2.23. The van der Waals surface area contributed by atoms with Gasteiger partial charge in [0.1, 0.15) is 5.75 Å². The molecule has 1 unspecified atom stereocenters. The van der Waals surface area contributed by atoms with Gasteiger partial charge in [0.15, 0.2) is 11.5 Å². The molecule has 23 heavy (non-hydrogen) atoms. The number of carboxylic acid groups (broad SMARTS) is 1. The van der Waals surface area contributed by atoms with E-state index >= 15 is 0 Å². The first-order chi connectivity index (χ1) is 11.0. The molecule has 2 rings (SSSR count). The minimum Gasteiger partial charge on any atom is -0.508 e.